The monoisotopic (exact) mass is 536 g/mol. The summed E-state index contributed by atoms with van der Waals surface area (Å²) in [7, 11) is 0. The first-order chi connectivity index (χ1) is 16.0. The fourth-order valence-corrected chi connectivity index (χ4v) is 5.30. The summed E-state index contributed by atoms with van der Waals surface area (Å²) in [6.45, 7) is 0.926. The van der Waals surface area contributed by atoms with Crippen LogP contribution >= 0.6 is 39.3 Å². The number of imide groups is 1. The van der Waals surface area contributed by atoms with Crippen molar-refractivity contribution >= 4 is 67.4 Å². The van der Waals surface area contributed by atoms with Crippen LogP contribution in [-0.2, 0) is 17.9 Å². The highest BCUT2D eigenvalue weighted by Gasteiger charge is 2.35. The Balaban J connectivity index is 1.45. The number of carbonyl (C=O) groups excluding carboxylic acids is 2. The molecule has 5 rings (SSSR count). The summed E-state index contributed by atoms with van der Waals surface area (Å²) < 4.78 is 3.06. The highest BCUT2D eigenvalue weighted by molar-refractivity contribution is 9.10. The number of thioether (sulfide) groups is 1. The van der Waals surface area contributed by atoms with Crippen molar-refractivity contribution in [1.82, 2.24) is 9.47 Å². The number of aromatic nitrogens is 1. The van der Waals surface area contributed by atoms with Crippen LogP contribution in [0.15, 0.2) is 88.4 Å². The Bertz CT molecular complexity index is 1410. The summed E-state index contributed by atoms with van der Waals surface area (Å²) in [4.78, 5) is 27.4. The fraction of sp³-hybridized carbons (Fsp3) is 0.0769. The van der Waals surface area contributed by atoms with E-state index < -0.39 is 0 Å². The van der Waals surface area contributed by atoms with Gasteiger partial charge in [-0.1, -0.05) is 70.0 Å². The van der Waals surface area contributed by atoms with Gasteiger partial charge in [0.05, 0.1) is 11.4 Å². The zero-order valence-electron chi connectivity index (χ0n) is 17.4. The third kappa shape index (κ3) is 4.64. The lowest BCUT2D eigenvalue weighted by molar-refractivity contribution is -0.123. The lowest BCUT2D eigenvalue weighted by Crippen LogP contribution is -2.27. The van der Waals surface area contributed by atoms with E-state index in [1.165, 1.54) is 4.90 Å². The molecule has 0 N–H and O–H groups in total. The largest absolute Gasteiger partial charge is 0.342 e. The maximum absolute atomic E-state index is 13.1. The van der Waals surface area contributed by atoms with Crippen LogP contribution in [0.3, 0.4) is 0 Å². The van der Waals surface area contributed by atoms with E-state index in [-0.39, 0.29) is 17.7 Å². The maximum atomic E-state index is 13.1. The van der Waals surface area contributed by atoms with Gasteiger partial charge in [0.2, 0.25) is 0 Å². The van der Waals surface area contributed by atoms with Crippen LogP contribution < -0.4 is 0 Å². The van der Waals surface area contributed by atoms with E-state index in [0.29, 0.717) is 16.5 Å². The SMILES string of the molecule is O=C1S/C(=C\c2cn(Cc3ccc(Cl)cc3)c3ccccc23)C(=O)N1Cc1cccc(Br)c1. The van der Waals surface area contributed by atoms with Gasteiger partial charge in [0.1, 0.15) is 0 Å². The Hall–Kier alpha value is -2.80. The smallest absolute Gasteiger partial charge is 0.293 e. The minimum absolute atomic E-state index is 0.250. The third-order valence-electron chi connectivity index (χ3n) is 5.48. The van der Waals surface area contributed by atoms with Crippen LogP contribution in [0.5, 0.6) is 0 Å². The van der Waals surface area contributed by atoms with E-state index in [0.717, 1.165) is 43.8 Å². The first-order valence-corrected chi connectivity index (χ1v) is 12.3. The van der Waals surface area contributed by atoms with Crippen molar-refractivity contribution in [2.45, 2.75) is 13.1 Å². The van der Waals surface area contributed by atoms with Crippen LogP contribution in [-0.4, -0.2) is 20.6 Å². The molecular formula is C26H18BrClN2O2S. The standard InChI is InChI=1S/C26H18BrClN2O2S/c27-20-5-3-4-18(12-20)15-30-25(31)24(33-26(30)32)13-19-16-29(23-7-2-1-6-22(19)23)14-17-8-10-21(28)11-9-17/h1-13,16H,14-15H2/b24-13-. The van der Waals surface area contributed by atoms with Gasteiger partial charge in [-0.05, 0) is 59.3 Å². The van der Waals surface area contributed by atoms with Crippen LogP contribution in [0.4, 0.5) is 4.79 Å². The van der Waals surface area contributed by atoms with E-state index in [1.807, 2.05) is 79.0 Å². The first kappa shape index (κ1) is 22.0. The second-order valence-electron chi connectivity index (χ2n) is 7.75. The maximum Gasteiger partial charge on any atom is 0.293 e. The molecule has 1 aliphatic rings. The highest BCUT2D eigenvalue weighted by Crippen LogP contribution is 2.35. The molecule has 1 aliphatic heterocycles. The molecule has 33 heavy (non-hydrogen) atoms. The molecule has 1 aromatic heterocycles. The molecule has 4 aromatic rings. The van der Waals surface area contributed by atoms with Crippen LogP contribution in [0, 0.1) is 0 Å². The van der Waals surface area contributed by atoms with Gasteiger partial charge < -0.3 is 4.57 Å². The number of hydrogen-bond acceptors (Lipinski definition) is 3. The summed E-state index contributed by atoms with van der Waals surface area (Å²) in [6, 6.07) is 23.5. The van der Waals surface area contributed by atoms with Crippen molar-refractivity contribution in [1.29, 1.82) is 0 Å². The Labute approximate surface area is 209 Å². The number of benzene rings is 3. The normalized spacial score (nSPS) is 15.2. The van der Waals surface area contributed by atoms with Crippen molar-refractivity contribution < 1.29 is 9.59 Å². The lowest BCUT2D eigenvalue weighted by Gasteiger charge is -2.12. The van der Waals surface area contributed by atoms with E-state index in [1.54, 1.807) is 0 Å². The summed E-state index contributed by atoms with van der Waals surface area (Å²) in [5.74, 6) is -0.264. The molecule has 0 bridgehead atoms. The Morgan fingerprint density at radius 3 is 2.48 bits per heavy atom. The third-order valence-corrected chi connectivity index (χ3v) is 7.13. The minimum atomic E-state index is -0.264. The average molecular weight is 538 g/mol. The van der Waals surface area contributed by atoms with E-state index in [4.69, 9.17) is 11.6 Å². The van der Waals surface area contributed by atoms with Gasteiger partial charge in [0, 0.05) is 38.7 Å². The zero-order chi connectivity index (χ0) is 22.9. The topological polar surface area (TPSA) is 42.3 Å². The minimum Gasteiger partial charge on any atom is -0.342 e. The van der Waals surface area contributed by atoms with Crippen molar-refractivity contribution in [3.05, 3.63) is 110 Å². The van der Waals surface area contributed by atoms with Crippen LogP contribution in [0.25, 0.3) is 17.0 Å². The number of hydrogen-bond donors (Lipinski definition) is 0. The van der Waals surface area contributed by atoms with E-state index >= 15 is 0 Å². The number of fused-ring (bicyclic) bond motifs is 1. The highest BCUT2D eigenvalue weighted by atomic mass is 79.9. The van der Waals surface area contributed by atoms with Crippen molar-refractivity contribution in [2.24, 2.45) is 0 Å². The number of rotatable bonds is 5. The quantitative estimate of drug-likeness (QED) is 0.250. The van der Waals surface area contributed by atoms with Gasteiger partial charge in [-0.25, -0.2) is 0 Å². The fourth-order valence-electron chi connectivity index (χ4n) is 3.90. The number of nitrogens with zero attached hydrogens (tertiary/aromatic N) is 2. The number of para-hydroxylation sites is 1. The molecule has 0 unspecified atom stereocenters. The Morgan fingerprint density at radius 2 is 1.70 bits per heavy atom. The molecular weight excluding hydrogens is 520 g/mol. The predicted octanol–water partition coefficient (Wildman–Crippen LogP) is 7.34. The molecule has 164 valence electrons. The number of amides is 2. The molecule has 3 aromatic carbocycles. The van der Waals surface area contributed by atoms with E-state index in [2.05, 4.69) is 26.6 Å². The van der Waals surface area contributed by atoms with Crippen molar-refractivity contribution in [2.75, 3.05) is 0 Å². The molecule has 0 atom stereocenters. The second kappa shape index (κ2) is 9.21. The molecule has 1 fully saturated rings. The van der Waals surface area contributed by atoms with Gasteiger partial charge in [-0.3, -0.25) is 14.5 Å². The molecule has 0 radical (unpaired) electrons. The van der Waals surface area contributed by atoms with Crippen molar-refractivity contribution in [3.63, 3.8) is 0 Å². The molecule has 7 heteroatoms. The summed E-state index contributed by atoms with van der Waals surface area (Å²) in [6.07, 6.45) is 3.86. The van der Waals surface area contributed by atoms with E-state index in [9.17, 15) is 9.59 Å². The van der Waals surface area contributed by atoms with Crippen LogP contribution in [0.1, 0.15) is 16.7 Å². The molecule has 0 spiro atoms. The molecule has 2 heterocycles. The molecule has 2 amide bonds. The summed E-state index contributed by atoms with van der Waals surface area (Å²) in [5, 5.41) is 1.48. The lowest BCUT2D eigenvalue weighted by atomic mass is 10.1. The molecule has 4 nitrogen and oxygen atoms in total. The molecule has 0 aliphatic carbocycles. The van der Waals surface area contributed by atoms with Gasteiger partial charge in [-0.15, -0.1) is 0 Å². The second-order valence-corrected chi connectivity index (χ2v) is 10.1. The Morgan fingerprint density at radius 1 is 0.909 bits per heavy atom. The van der Waals surface area contributed by atoms with Gasteiger partial charge in [0.15, 0.2) is 0 Å². The summed E-state index contributed by atoms with van der Waals surface area (Å²) >= 11 is 10.4. The van der Waals surface area contributed by atoms with Gasteiger partial charge in [0.25, 0.3) is 11.1 Å². The van der Waals surface area contributed by atoms with Crippen LogP contribution in [0.2, 0.25) is 5.02 Å². The summed E-state index contributed by atoms with van der Waals surface area (Å²) in [5.41, 5.74) is 3.99. The zero-order valence-corrected chi connectivity index (χ0v) is 20.5. The number of carbonyl (C=O) groups is 2. The average Bonchev–Trinajstić information content (AvgIpc) is 3.28. The predicted molar refractivity (Wildman–Crippen MR) is 138 cm³/mol. The molecule has 0 saturated carbocycles. The number of halogens is 2. The Kier molecular flexibility index (Phi) is 6.15. The van der Waals surface area contributed by atoms with Gasteiger partial charge in [-0.2, -0.15) is 0 Å². The molecule has 1 saturated heterocycles. The first-order valence-electron chi connectivity index (χ1n) is 10.3. The van der Waals surface area contributed by atoms with Crippen molar-refractivity contribution in [3.8, 4) is 0 Å². The van der Waals surface area contributed by atoms with Gasteiger partial charge >= 0.3 is 0 Å².